The molecule has 0 radical (unpaired) electrons. The lowest BCUT2D eigenvalue weighted by atomic mass is 9.95. The predicted molar refractivity (Wildman–Crippen MR) is 96.4 cm³/mol. The summed E-state index contributed by atoms with van der Waals surface area (Å²) in [6.07, 6.45) is 6.69. The van der Waals surface area contributed by atoms with Crippen molar-refractivity contribution in [1.29, 1.82) is 0 Å². The number of dihydropyridines is 1. The molecule has 7 nitrogen and oxygen atoms in total. The van der Waals surface area contributed by atoms with Gasteiger partial charge in [0.05, 0.1) is 4.92 Å². The van der Waals surface area contributed by atoms with Gasteiger partial charge in [0, 0.05) is 11.6 Å². The Morgan fingerprint density at radius 3 is 2.64 bits per heavy atom. The molecule has 0 saturated heterocycles. The highest BCUT2D eigenvalue weighted by molar-refractivity contribution is 5.94. The number of hydrogen-bond acceptors (Lipinski definition) is 5. The minimum atomic E-state index is -1.21. The maximum absolute atomic E-state index is 12.6. The third kappa shape index (κ3) is 4.90. The van der Waals surface area contributed by atoms with Gasteiger partial charge in [0.1, 0.15) is 0 Å². The third-order valence-corrected chi connectivity index (χ3v) is 4.08. The maximum Gasteiger partial charge on any atom is 0.291 e. The van der Waals surface area contributed by atoms with Crippen molar-refractivity contribution >= 4 is 5.91 Å². The van der Waals surface area contributed by atoms with Gasteiger partial charge in [-0.1, -0.05) is 18.2 Å². The highest BCUT2D eigenvalue weighted by Crippen LogP contribution is 2.25. The van der Waals surface area contributed by atoms with E-state index in [1.165, 1.54) is 6.08 Å². The molecule has 0 aromatic heterocycles. The fraction of sp³-hybridized carbons (Fsp3) is 0.389. The molecule has 1 amide bonds. The summed E-state index contributed by atoms with van der Waals surface area (Å²) in [5.74, 6) is -0.344. The molecule has 7 heteroatoms. The molecule has 1 aromatic carbocycles. The van der Waals surface area contributed by atoms with Crippen molar-refractivity contribution in [2.24, 2.45) is 0 Å². The second kappa shape index (κ2) is 8.43. The minimum Gasteiger partial charge on any atom is -0.360 e. The van der Waals surface area contributed by atoms with Crippen molar-refractivity contribution in [2.45, 2.75) is 24.9 Å². The smallest absolute Gasteiger partial charge is 0.291 e. The van der Waals surface area contributed by atoms with Crippen LogP contribution in [0.4, 0.5) is 0 Å². The molecule has 2 rings (SSSR count). The van der Waals surface area contributed by atoms with Crippen LogP contribution in [0.25, 0.3) is 0 Å². The summed E-state index contributed by atoms with van der Waals surface area (Å²) < 4.78 is 0. The number of unbranched alkanes of at least 4 members (excludes halogenated alkanes) is 1. The number of nitrogens with one attached hydrogen (secondary N) is 2. The quantitative estimate of drug-likeness (QED) is 0.428. The van der Waals surface area contributed by atoms with Crippen molar-refractivity contribution in [1.82, 2.24) is 15.5 Å². The van der Waals surface area contributed by atoms with E-state index in [0.717, 1.165) is 19.4 Å². The van der Waals surface area contributed by atoms with Crippen LogP contribution in [0.5, 0.6) is 0 Å². The van der Waals surface area contributed by atoms with E-state index in [0.29, 0.717) is 12.0 Å². The normalized spacial score (nSPS) is 19.2. The van der Waals surface area contributed by atoms with Crippen molar-refractivity contribution in [3.63, 3.8) is 0 Å². The molecular formula is C18H24N4O3. The van der Waals surface area contributed by atoms with E-state index in [4.69, 9.17) is 0 Å². The number of benzene rings is 1. The molecule has 1 aromatic rings. The van der Waals surface area contributed by atoms with Crippen LogP contribution in [0.2, 0.25) is 0 Å². The average molecular weight is 344 g/mol. The van der Waals surface area contributed by atoms with Gasteiger partial charge in [-0.3, -0.25) is 14.9 Å². The number of hydrogen-bond donors (Lipinski definition) is 2. The second-order valence-electron chi connectivity index (χ2n) is 6.30. The Labute approximate surface area is 147 Å². The highest BCUT2D eigenvalue weighted by atomic mass is 16.6. The third-order valence-electron chi connectivity index (χ3n) is 4.08. The summed E-state index contributed by atoms with van der Waals surface area (Å²) in [5.41, 5.74) is -0.796. The first-order valence-corrected chi connectivity index (χ1v) is 8.26. The number of allylic oxidation sites excluding steroid dienone is 2. The summed E-state index contributed by atoms with van der Waals surface area (Å²) in [7, 11) is 3.97. The fourth-order valence-corrected chi connectivity index (χ4v) is 2.80. The first-order chi connectivity index (χ1) is 11.9. The monoisotopic (exact) mass is 344 g/mol. The average Bonchev–Trinajstić information content (AvgIpc) is 2.59. The lowest BCUT2D eigenvalue weighted by Gasteiger charge is -2.34. The molecule has 0 fully saturated rings. The molecule has 0 aliphatic carbocycles. The van der Waals surface area contributed by atoms with Crippen LogP contribution in [-0.2, 0) is 0 Å². The van der Waals surface area contributed by atoms with E-state index < -0.39 is 10.6 Å². The summed E-state index contributed by atoms with van der Waals surface area (Å²) in [5, 5.41) is 17.4. The number of nitro groups is 1. The first-order valence-electron chi connectivity index (χ1n) is 8.26. The summed E-state index contributed by atoms with van der Waals surface area (Å²) in [6.45, 7) is 0.885. The molecule has 1 unspecified atom stereocenters. The van der Waals surface area contributed by atoms with Crippen molar-refractivity contribution in [3.8, 4) is 0 Å². The maximum atomic E-state index is 12.6. The van der Waals surface area contributed by atoms with Gasteiger partial charge < -0.3 is 15.5 Å². The van der Waals surface area contributed by atoms with Crippen LogP contribution >= 0.6 is 0 Å². The van der Waals surface area contributed by atoms with Crippen molar-refractivity contribution in [2.75, 3.05) is 20.6 Å². The molecule has 1 aliphatic rings. The zero-order valence-electron chi connectivity index (χ0n) is 14.6. The van der Waals surface area contributed by atoms with Gasteiger partial charge in [0.15, 0.2) is 0 Å². The van der Waals surface area contributed by atoms with Crippen LogP contribution in [0.15, 0.2) is 54.4 Å². The SMILES string of the molecule is CN(C)CCCCC1(NC(=O)c2ccccc2)NC=CC=C1[N+](=O)[O-]. The van der Waals surface area contributed by atoms with Gasteiger partial charge in [-0.2, -0.15) is 0 Å². The van der Waals surface area contributed by atoms with Gasteiger partial charge in [-0.25, -0.2) is 0 Å². The zero-order chi connectivity index (χ0) is 18.3. The van der Waals surface area contributed by atoms with Crippen LogP contribution in [0, 0.1) is 10.1 Å². The Hall–Kier alpha value is -2.67. The van der Waals surface area contributed by atoms with E-state index >= 15 is 0 Å². The van der Waals surface area contributed by atoms with Gasteiger partial charge in [-0.15, -0.1) is 0 Å². The van der Waals surface area contributed by atoms with Gasteiger partial charge in [0.2, 0.25) is 5.66 Å². The minimum absolute atomic E-state index is 0.0517. The van der Waals surface area contributed by atoms with Crippen LogP contribution in [0.1, 0.15) is 29.6 Å². The molecule has 1 heterocycles. The molecule has 1 aliphatic heterocycles. The topological polar surface area (TPSA) is 87.5 Å². The van der Waals surface area contributed by atoms with Gasteiger partial charge in [-0.05, 0) is 64.3 Å². The first kappa shape index (κ1) is 18.7. The number of amides is 1. The van der Waals surface area contributed by atoms with Gasteiger partial charge >= 0.3 is 0 Å². The summed E-state index contributed by atoms with van der Waals surface area (Å²) in [4.78, 5) is 25.8. The van der Waals surface area contributed by atoms with Crippen molar-refractivity contribution in [3.05, 3.63) is 70.1 Å². The number of nitrogens with zero attached hydrogens (tertiary/aromatic N) is 2. The van der Waals surface area contributed by atoms with E-state index in [1.54, 1.807) is 36.5 Å². The molecule has 0 bridgehead atoms. The fourth-order valence-electron chi connectivity index (χ4n) is 2.80. The summed E-state index contributed by atoms with van der Waals surface area (Å²) in [6, 6.07) is 8.71. The predicted octanol–water partition coefficient (Wildman–Crippen LogP) is 2.12. The Morgan fingerprint density at radius 2 is 2.00 bits per heavy atom. The Kier molecular flexibility index (Phi) is 6.30. The molecule has 0 spiro atoms. The molecule has 134 valence electrons. The number of carbonyl (C=O) groups excluding carboxylic acids is 1. The zero-order valence-corrected chi connectivity index (χ0v) is 14.6. The lowest BCUT2D eigenvalue weighted by molar-refractivity contribution is -0.437. The second-order valence-corrected chi connectivity index (χ2v) is 6.30. The highest BCUT2D eigenvalue weighted by Gasteiger charge is 2.44. The van der Waals surface area contributed by atoms with E-state index in [2.05, 4.69) is 15.5 Å². The van der Waals surface area contributed by atoms with Crippen LogP contribution < -0.4 is 10.6 Å². The Bertz CT molecular complexity index is 670. The number of carbonyl (C=O) groups is 1. The molecular weight excluding hydrogens is 320 g/mol. The van der Waals surface area contributed by atoms with Crippen LogP contribution in [-0.4, -0.2) is 42.0 Å². The van der Waals surface area contributed by atoms with E-state index in [1.807, 2.05) is 20.2 Å². The Morgan fingerprint density at radius 1 is 1.28 bits per heavy atom. The molecule has 0 saturated carbocycles. The number of rotatable bonds is 8. The van der Waals surface area contributed by atoms with E-state index in [9.17, 15) is 14.9 Å². The lowest BCUT2D eigenvalue weighted by Crippen LogP contribution is -2.60. The molecule has 2 N–H and O–H groups in total. The Balaban J connectivity index is 2.20. The largest absolute Gasteiger partial charge is 0.360 e. The standard InChI is InChI=1S/C18H24N4O3/c1-21(2)14-7-6-12-18(16(22(24)25)11-8-13-19-18)20-17(23)15-9-4-3-5-10-15/h3-5,8-11,13,19H,6-7,12,14H2,1-2H3,(H,20,23). The summed E-state index contributed by atoms with van der Waals surface area (Å²) >= 11 is 0. The van der Waals surface area contributed by atoms with Crippen LogP contribution in [0.3, 0.4) is 0 Å². The van der Waals surface area contributed by atoms with Gasteiger partial charge in [0.25, 0.3) is 11.6 Å². The van der Waals surface area contributed by atoms with E-state index in [-0.39, 0.29) is 11.6 Å². The van der Waals surface area contributed by atoms with Crippen molar-refractivity contribution < 1.29 is 9.72 Å². The molecule has 25 heavy (non-hydrogen) atoms. The molecule has 1 atom stereocenters.